The van der Waals surface area contributed by atoms with Crippen molar-refractivity contribution in [2.24, 2.45) is 0 Å². The number of halogens is 1. The highest BCUT2D eigenvalue weighted by Crippen LogP contribution is 2.24. The van der Waals surface area contributed by atoms with Crippen LogP contribution in [0.15, 0.2) is 48.8 Å². The van der Waals surface area contributed by atoms with Crippen molar-refractivity contribution in [2.75, 3.05) is 11.9 Å². The quantitative estimate of drug-likeness (QED) is 0.721. The normalized spacial score (nSPS) is 16.3. The van der Waals surface area contributed by atoms with Gasteiger partial charge in [-0.1, -0.05) is 12.1 Å². The first kappa shape index (κ1) is 19.0. The number of aromatic nitrogens is 3. The highest BCUT2D eigenvalue weighted by molar-refractivity contribution is 5.86. The fourth-order valence-electron chi connectivity index (χ4n) is 3.40. The molecule has 1 aromatic carbocycles. The number of nitrogens with zero attached hydrogens (tertiary/aromatic N) is 4. The number of amides is 1. The van der Waals surface area contributed by atoms with E-state index in [4.69, 9.17) is 0 Å². The molecule has 1 aliphatic heterocycles. The van der Waals surface area contributed by atoms with Crippen LogP contribution in [0, 0.1) is 19.7 Å². The molecule has 29 heavy (non-hydrogen) atoms. The van der Waals surface area contributed by atoms with Gasteiger partial charge in [0.2, 0.25) is 5.91 Å². The van der Waals surface area contributed by atoms with E-state index in [-0.39, 0.29) is 17.8 Å². The lowest BCUT2D eigenvalue weighted by molar-refractivity contribution is -0.128. The summed E-state index contributed by atoms with van der Waals surface area (Å²) in [5.74, 6) is 1.02. The van der Waals surface area contributed by atoms with Gasteiger partial charge >= 0.3 is 0 Å². The van der Waals surface area contributed by atoms with Crippen LogP contribution in [0.2, 0.25) is 0 Å². The maximum Gasteiger partial charge on any atom is 0.245 e. The van der Waals surface area contributed by atoms with Gasteiger partial charge in [0.1, 0.15) is 17.7 Å². The van der Waals surface area contributed by atoms with Crippen molar-refractivity contribution in [2.45, 2.75) is 32.9 Å². The molecule has 0 aliphatic carbocycles. The third-order valence-corrected chi connectivity index (χ3v) is 5.22. The lowest BCUT2D eigenvalue weighted by Crippen LogP contribution is -2.33. The first-order valence-corrected chi connectivity index (χ1v) is 9.56. The number of hydrogen-bond donors (Lipinski definition) is 1. The monoisotopic (exact) mass is 391 g/mol. The number of rotatable bonds is 5. The lowest BCUT2D eigenvalue weighted by atomic mass is 10.2. The van der Waals surface area contributed by atoms with Crippen molar-refractivity contribution >= 4 is 11.7 Å². The van der Waals surface area contributed by atoms with Crippen LogP contribution in [0.25, 0.3) is 11.4 Å². The second kappa shape index (κ2) is 7.95. The Morgan fingerprint density at radius 1 is 1.10 bits per heavy atom. The molecule has 1 fully saturated rings. The fourth-order valence-corrected chi connectivity index (χ4v) is 3.40. The van der Waals surface area contributed by atoms with E-state index in [1.54, 1.807) is 29.4 Å². The standard InChI is InChI=1S/C22H22FN5O/c1-14-15(2)25-21(17-7-10-24-11-8-17)27-20(14)26-19-9-12-28(22(19)29)13-16-3-5-18(23)6-4-16/h3-8,10-11,19H,9,12-13H2,1-2H3,(H,25,26,27). The summed E-state index contributed by atoms with van der Waals surface area (Å²) in [5.41, 5.74) is 3.58. The van der Waals surface area contributed by atoms with Gasteiger partial charge in [-0.05, 0) is 50.1 Å². The molecule has 1 atom stereocenters. The molecule has 148 valence electrons. The molecule has 1 saturated heterocycles. The number of pyridine rings is 1. The molecular formula is C22H22FN5O. The first-order valence-electron chi connectivity index (χ1n) is 9.56. The van der Waals surface area contributed by atoms with Crippen LogP contribution in [0.4, 0.5) is 10.2 Å². The molecular weight excluding hydrogens is 369 g/mol. The number of anilines is 1. The maximum atomic E-state index is 13.1. The van der Waals surface area contributed by atoms with E-state index >= 15 is 0 Å². The summed E-state index contributed by atoms with van der Waals surface area (Å²) in [7, 11) is 0. The minimum absolute atomic E-state index is 0.0236. The molecule has 7 heteroatoms. The van der Waals surface area contributed by atoms with Crippen molar-refractivity contribution in [1.82, 2.24) is 19.9 Å². The van der Waals surface area contributed by atoms with Gasteiger partial charge in [0.05, 0.1) is 0 Å². The number of likely N-dealkylation sites (tertiary alicyclic amines) is 1. The number of carbonyl (C=O) groups is 1. The number of aryl methyl sites for hydroxylation is 1. The average Bonchev–Trinajstić information content (AvgIpc) is 3.07. The third-order valence-electron chi connectivity index (χ3n) is 5.22. The van der Waals surface area contributed by atoms with Crippen LogP contribution >= 0.6 is 0 Å². The minimum Gasteiger partial charge on any atom is -0.358 e. The fraction of sp³-hybridized carbons (Fsp3) is 0.273. The average molecular weight is 391 g/mol. The Morgan fingerprint density at radius 3 is 2.55 bits per heavy atom. The van der Waals surface area contributed by atoms with Crippen molar-refractivity contribution in [3.05, 3.63) is 71.4 Å². The van der Waals surface area contributed by atoms with E-state index in [9.17, 15) is 9.18 Å². The molecule has 0 radical (unpaired) electrons. The molecule has 1 aliphatic rings. The van der Waals surface area contributed by atoms with E-state index in [1.807, 2.05) is 26.0 Å². The van der Waals surface area contributed by atoms with Gasteiger partial charge in [0.15, 0.2) is 5.82 Å². The topological polar surface area (TPSA) is 71.0 Å². The summed E-state index contributed by atoms with van der Waals surface area (Å²) in [6, 6.07) is 9.63. The molecule has 3 aromatic rings. The molecule has 1 unspecified atom stereocenters. The summed E-state index contributed by atoms with van der Waals surface area (Å²) in [6.45, 7) is 5.00. The van der Waals surface area contributed by atoms with E-state index in [1.165, 1.54) is 12.1 Å². The molecule has 4 rings (SSSR count). The summed E-state index contributed by atoms with van der Waals surface area (Å²) < 4.78 is 13.1. The predicted octanol–water partition coefficient (Wildman–Crippen LogP) is 3.51. The lowest BCUT2D eigenvalue weighted by Gasteiger charge is -2.19. The zero-order valence-electron chi connectivity index (χ0n) is 16.4. The van der Waals surface area contributed by atoms with Gasteiger partial charge in [-0.25, -0.2) is 14.4 Å². The van der Waals surface area contributed by atoms with Gasteiger partial charge < -0.3 is 10.2 Å². The van der Waals surface area contributed by atoms with Crippen LogP contribution in [0.3, 0.4) is 0 Å². The number of benzene rings is 1. The Kier molecular flexibility index (Phi) is 5.20. The van der Waals surface area contributed by atoms with Crippen LogP contribution in [0.1, 0.15) is 23.2 Å². The van der Waals surface area contributed by atoms with Gasteiger partial charge in [0, 0.05) is 42.3 Å². The van der Waals surface area contributed by atoms with E-state index in [2.05, 4.69) is 20.3 Å². The van der Waals surface area contributed by atoms with E-state index < -0.39 is 0 Å². The van der Waals surface area contributed by atoms with Gasteiger partial charge in [-0.2, -0.15) is 0 Å². The first-order chi connectivity index (χ1) is 14.0. The highest BCUT2D eigenvalue weighted by Gasteiger charge is 2.32. The second-order valence-corrected chi connectivity index (χ2v) is 7.21. The zero-order valence-corrected chi connectivity index (χ0v) is 16.4. The smallest absolute Gasteiger partial charge is 0.245 e. The minimum atomic E-state index is -0.339. The Balaban J connectivity index is 1.51. The Morgan fingerprint density at radius 2 is 1.83 bits per heavy atom. The predicted molar refractivity (Wildman–Crippen MR) is 109 cm³/mol. The third kappa shape index (κ3) is 4.08. The summed E-state index contributed by atoms with van der Waals surface area (Å²) >= 11 is 0. The largest absolute Gasteiger partial charge is 0.358 e. The van der Waals surface area contributed by atoms with Crippen LogP contribution < -0.4 is 5.32 Å². The van der Waals surface area contributed by atoms with Gasteiger partial charge in [-0.15, -0.1) is 0 Å². The molecule has 6 nitrogen and oxygen atoms in total. The number of nitrogens with one attached hydrogen (secondary N) is 1. The van der Waals surface area contributed by atoms with Crippen LogP contribution in [-0.4, -0.2) is 38.3 Å². The van der Waals surface area contributed by atoms with Crippen molar-refractivity contribution in [3.8, 4) is 11.4 Å². The van der Waals surface area contributed by atoms with Crippen LogP contribution in [-0.2, 0) is 11.3 Å². The molecule has 3 heterocycles. The van der Waals surface area contributed by atoms with E-state index in [0.717, 1.165) is 22.4 Å². The SMILES string of the molecule is Cc1nc(-c2ccncc2)nc(NC2CCN(Cc3ccc(F)cc3)C2=O)c1C. The number of carbonyl (C=O) groups excluding carboxylic acids is 1. The highest BCUT2D eigenvalue weighted by atomic mass is 19.1. The molecule has 0 saturated carbocycles. The summed E-state index contributed by atoms with van der Waals surface area (Å²) in [4.78, 5) is 27.9. The molecule has 1 N–H and O–H groups in total. The zero-order chi connectivity index (χ0) is 20.4. The van der Waals surface area contributed by atoms with Crippen molar-refractivity contribution in [1.29, 1.82) is 0 Å². The number of hydrogen-bond acceptors (Lipinski definition) is 5. The molecule has 0 spiro atoms. The molecule has 0 bridgehead atoms. The van der Waals surface area contributed by atoms with Gasteiger partial charge in [0.25, 0.3) is 0 Å². The molecule has 2 aromatic heterocycles. The summed E-state index contributed by atoms with van der Waals surface area (Å²) in [5, 5.41) is 3.32. The Bertz CT molecular complexity index is 1020. The second-order valence-electron chi connectivity index (χ2n) is 7.21. The van der Waals surface area contributed by atoms with E-state index in [0.29, 0.717) is 31.2 Å². The Labute approximate surface area is 168 Å². The summed E-state index contributed by atoms with van der Waals surface area (Å²) in [6.07, 6.45) is 4.09. The van der Waals surface area contributed by atoms with Crippen molar-refractivity contribution < 1.29 is 9.18 Å². The molecule has 1 amide bonds. The maximum absolute atomic E-state index is 13.1. The van der Waals surface area contributed by atoms with Crippen LogP contribution in [0.5, 0.6) is 0 Å². The van der Waals surface area contributed by atoms with Crippen molar-refractivity contribution in [3.63, 3.8) is 0 Å². The Hall–Kier alpha value is -3.35. The van der Waals surface area contributed by atoms with Gasteiger partial charge in [-0.3, -0.25) is 9.78 Å².